The number of nitrogens with one attached hydrogen (secondary N) is 2. The molecular formula is C18H26N2O3. The van der Waals surface area contributed by atoms with Crippen LogP contribution in [0.2, 0.25) is 0 Å². The molecule has 0 saturated carbocycles. The van der Waals surface area contributed by atoms with Crippen molar-refractivity contribution in [1.82, 2.24) is 5.32 Å². The zero-order valence-electron chi connectivity index (χ0n) is 13.7. The van der Waals surface area contributed by atoms with Gasteiger partial charge in [-0.1, -0.05) is 6.08 Å². The average molecular weight is 318 g/mol. The van der Waals surface area contributed by atoms with Gasteiger partial charge < -0.3 is 20.1 Å². The zero-order valence-corrected chi connectivity index (χ0v) is 13.7. The topological polar surface area (TPSA) is 59.6 Å². The molecule has 1 fully saturated rings. The van der Waals surface area contributed by atoms with E-state index in [-0.39, 0.29) is 11.9 Å². The summed E-state index contributed by atoms with van der Waals surface area (Å²) in [6, 6.07) is 7.41. The molecule has 0 aromatic heterocycles. The van der Waals surface area contributed by atoms with Crippen molar-refractivity contribution >= 4 is 11.6 Å². The second kappa shape index (κ2) is 9.20. The number of anilines is 1. The predicted octanol–water partition coefficient (Wildman–Crippen LogP) is 2.59. The van der Waals surface area contributed by atoms with Gasteiger partial charge in [-0.3, -0.25) is 4.79 Å². The molecule has 0 unspecified atom stereocenters. The first-order valence-corrected chi connectivity index (χ1v) is 8.15. The molecule has 5 heteroatoms. The molecule has 1 aromatic carbocycles. The predicted molar refractivity (Wildman–Crippen MR) is 91.8 cm³/mol. The number of amides is 1. The third-order valence-corrected chi connectivity index (χ3v) is 3.88. The van der Waals surface area contributed by atoms with E-state index < -0.39 is 0 Å². The summed E-state index contributed by atoms with van der Waals surface area (Å²) >= 11 is 0. The van der Waals surface area contributed by atoms with E-state index in [2.05, 4.69) is 17.2 Å². The second-order valence-electron chi connectivity index (χ2n) is 5.79. The smallest absolute Gasteiger partial charge is 0.242 e. The van der Waals surface area contributed by atoms with Gasteiger partial charge in [0.05, 0.1) is 6.61 Å². The van der Waals surface area contributed by atoms with Gasteiger partial charge in [-0.15, -0.1) is 6.58 Å². The molecule has 1 aliphatic heterocycles. The number of benzene rings is 1. The number of hydrogen-bond donors (Lipinski definition) is 2. The lowest BCUT2D eigenvalue weighted by Gasteiger charge is -2.22. The van der Waals surface area contributed by atoms with Crippen LogP contribution in [0.5, 0.6) is 5.75 Å². The van der Waals surface area contributed by atoms with E-state index in [1.807, 2.05) is 31.2 Å². The van der Waals surface area contributed by atoms with Gasteiger partial charge in [0, 0.05) is 25.4 Å². The Balaban J connectivity index is 1.77. The Morgan fingerprint density at radius 2 is 2.09 bits per heavy atom. The molecule has 1 aromatic rings. The summed E-state index contributed by atoms with van der Waals surface area (Å²) in [4.78, 5) is 11.8. The minimum atomic E-state index is -0.302. The van der Waals surface area contributed by atoms with Gasteiger partial charge >= 0.3 is 0 Å². The van der Waals surface area contributed by atoms with Crippen molar-refractivity contribution in [3.05, 3.63) is 36.9 Å². The normalized spacial score (nSPS) is 16.4. The molecule has 23 heavy (non-hydrogen) atoms. The fourth-order valence-electron chi connectivity index (χ4n) is 2.42. The van der Waals surface area contributed by atoms with E-state index in [0.29, 0.717) is 12.5 Å². The van der Waals surface area contributed by atoms with Crippen LogP contribution in [0.1, 0.15) is 19.8 Å². The summed E-state index contributed by atoms with van der Waals surface area (Å²) in [5.74, 6) is 1.38. The minimum Gasteiger partial charge on any atom is -0.493 e. The molecule has 1 aliphatic rings. The maximum atomic E-state index is 11.8. The maximum absolute atomic E-state index is 11.8. The third-order valence-electron chi connectivity index (χ3n) is 3.88. The molecule has 1 atom stereocenters. The lowest BCUT2D eigenvalue weighted by atomic mass is 10.0. The Labute approximate surface area is 138 Å². The Morgan fingerprint density at radius 3 is 2.74 bits per heavy atom. The highest BCUT2D eigenvalue weighted by atomic mass is 16.5. The van der Waals surface area contributed by atoms with Crippen LogP contribution in [-0.4, -0.2) is 38.3 Å². The van der Waals surface area contributed by atoms with Crippen LogP contribution in [0.4, 0.5) is 5.69 Å². The standard InChI is InChI=1S/C18H26N2O3/c1-3-10-19-18(21)14(2)20-16-4-6-17(7-5-16)23-13-15-8-11-22-12-9-15/h3-7,14-15,20H,1,8-13H2,2H3,(H,19,21)/t14-/m1/s1. The fourth-order valence-corrected chi connectivity index (χ4v) is 2.42. The van der Waals surface area contributed by atoms with Crippen LogP contribution < -0.4 is 15.4 Å². The van der Waals surface area contributed by atoms with Crippen molar-refractivity contribution in [3.8, 4) is 5.75 Å². The highest BCUT2D eigenvalue weighted by Crippen LogP contribution is 2.20. The van der Waals surface area contributed by atoms with Crippen LogP contribution >= 0.6 is 0 Å². The molecule has 2 rings (SSSR count). The highest BCUT2D eigenvalue weighted by molar-refractivity contribution is 5.84. The number of ether oxygens (including phenoxy) is 2. The number of carbonyl (C=O) groups is 1. The Kier molecular flexibility index (Phi) is 6.94. The largest absolute Gasteiger partial charge is 0.493 e. The molecule has 1 amide bonds. The first-order chi connectivity index (χ1) is 11.2. The van der Waals surface area contributed by atoms with Crippen molar-refractivity contribution in [1.29, 1.82) is 0 Å². The molecule has 1 saturated heterocycles. The SMILES string of the molecule is C=CCNC(=O)[C@@H](C)Nc1ccc(OCC2CCOCC2)cc1. The van der Waals surface area contributed by atoms with E-state index in [1.54, 1.807) is 6.08 Å². The Bertz CT molecular complexity index is 495. The zero-order chi connectivity index (χ0) is 16.5. The van der Waals surface area contributed by atoms with Crippen molar-refractivity contribution in [2.24, 2.45) is 5.92 Å². The highest BCUT2D eigenvalue weighted by Gasteiger charge is 2.14. The molecule has 0 radical (unpaired) electrons. The average Bonchev–Trinajstić information content (AvgIpc) is 2.60. The summed E-state index contributed by atoms with van der Waals surface area (Å²) in [7, 11) is 0. The van der Waals surface area contributed by atoms with Crippen molar-refractivity contribution in [2.45, 2.75) is 25.8 Å². The lowest BCUT2D eigenvalue weighted by molar-refractivity contribution is -0.121. The van der Waals surface area contributed by atoms with Gasteiger partial charge in [0.1, 0.15) is 11.8 Å². The van der Waals surface area contributed by atoms with Crippen LogP contribution in [0.25, 0.3) is 0 Å². The summed E-state index contributed by atoms with van der Waals surface area (Å²) in [6.07, 6.45) is 3.79. The summed E-state index contributed by atoms with van der Waals surface area (Å²) < 4.78 is 11.2. The summed E-state index contributed by atoms with van der Waals surface area (Å²) in [5, 5.41) is 5.93. The Hall–Kier alpha value is -2.01. The lowest BCUT2D eigenvalue weighted by Crippen LogP contribution is -2.37. The van der Waals surface area contributed by atoms with Crippen LogP contribution in [0.3, 0.4) is 0 Å². The summed E-state index contributed by atoms with van der Waals surface area (Å²) in [5.41, 5.74) is 0.893. The molecule has 2 N–H and O–H groups in total. The quantitative estimate of drug-likeness (QED) is 0.723. The molecule has 1 heterocycles. The molecule has 0 bridgehead atoms. The molecule has 0 spiro atoms. The molecular weight excluding hydrogens is 292 g/mol. The molecule has 0 aliphatic carbocycles. The van der Waals surface area contributed by atoms with E-state index in [0.717, 1.165) is 44.1 Å². The van der Waals surface area contributed by atoms with Gasteiger partial charge in [0.15, 0.2) is 0 Å². The van der Waals surface area contributed by atoms with Crippen molar-refractivity contribution in [2.75, 3.05) is 31.7 Å². The fraction of sp³-hybridized carbons (Fsp3) is 0.500. The van der Waals surface area contributed by atoms with E-state index in [9.17, 15) is 4.79 Å². The van der Waals surface area contributed by atoms with Gasteiger partial charge in [0.2, 0.25) is 5.91 Å². The van der Waals surface area contributed by atoms with Gasteiger partial charge in [-0.05, 0) is 49.9 Å². The van der Waals surface area contributed by atoms with Gasteiger partial charge in [0.25, 0.3) is 0 Å². The van der Waals surface area contributed by atoms with Crippen molar-refractivity contribution in [3.63, 3.8) is 0 Å². The first-order valence-electron chi connectivity index (χ1n) is 8.15. The molecule has 5 nitrogen and oxygen atoms in total. The van der Waals surface area contributed by atoms with E-state index in [1.165, 1.54) is 0 Å². The minimum absolute atomic E-state index is 0.0512. The first kappa shape index (κ1) is 17.3. The van der Waals surface area contributed by atoms with E-state index >= 15 is 0 Å². The van der Waals surface area contributed by atoms with Gasteiger partial charge in [-0.25, -0.2) is 0 Å². The maximum Gasteiger partial charge on any atom is 0.242 e. The van der Waals surface area contributed by atoms with Gasteiger partial charge in [-0.2, -0.15) is 0 Å². The Morgan fingerprint density at radius 1 is 1.39 bits per heavy atom. The van der Waals surface area contributed by atoms with Crippen LogP contribution in [0, 0.1) is 5.92 Å². The number of rotatable bonds is 8. The molecule has 126 valence electrons. The van der Waals surface area contributed by atoms with E-state index in [4.69, 9.17) is 9.47 Å². The van der Waals surface area contributed by atoms with Crippen LogP contribution in [0.15, 0.2) is 36.9 Å². The third kappa shape index (κ3) is 5.94. The van der Waals surface area contributed by atoms with Crippen LogP contribution in [-0.2, 0) is 9.53 Å². The van der Waals surface area contributed by atoms with Crippen molar-refractivity contribution < 1.29 is 14.3 Å². The number of carbonyl (C=O) groups excluding carboxylic acids is 1. The summed E-state index contributed by atoms with van der Waals surface area (Å²) in [6.45, 7) is 8.29. The monoisotopic (exact) mass is 318 g/mol. The number of hydrogen-bond acceptors (Lipinski definition) is 4. The second-order valence-corrected chi connectivity index (χ2v) is 5.79.